The molecule has 4 rings (SSSR count). The highest BCUT2D eigenvalue weighted by Gasteiger charge is 2.23. The highest BCUT2D eigenvalue weighted by molar-refractivity contribution is 5.79. The predicted octanol–water partition coefficient (Wildman–Crippen LogP) is 0.915. The maximum absolute atomic E-state index is 11.3. The van der Waals surface area contributed by atoms with E-state index >= 15 is 0 Å². The Labute approximate surface area is 127 Å². The van der Waals surface area contributed by atoms with E-state index in [0.29, 0.717) is 44.7 Å². The lowest BCUT2D eigenvalue weighted by molar-refractivity contribution is -0.119. The number of carbonyl (C=O) groups excluding carboxylic acids is 1. The van der Waals surface area contributed by atoms with E-state index < -0.39 is 0 Å². The largest absolute Gasteiger partial charge is 0.461 e. The van der Waals surface area contributed by atoms with E-state index in [9.17, 15) is 4.79 Å². The molecule has 1 aromatic carbocycles. The number of ether oxygens (including phenoxy) is 2. The van der Waals surface area contributed by atoms with Gasteiger partial charge in [0, 0.05) is 24.4 Å². The van der Waals surface area contributed by atoms with Gasteiger partial charge in [0.2, 0.25) is 5.91 Å². The third-order valence-corrected chi connectivity index (χ3v) is 3.93. The minimum atomic E-state index is 0.116. The fourth-order valence-corrected chi connectivity index (χ4v) is 2.73. The summed E-state index contributed by atoms with van der Waals surface area (Å²) in [6.07, 6.45) is 0.557. The molecule has 0 spiro atoms. The van der Waals surface area contributed by atoms with Crippen LogP contribution in [0.1, 0.15) is 17.9 Å². The van der Waals surface area contributed by atoms with Gasteiger partial charge in [-0.05, 0) is 5.56 Å². The average molecular weight is 300 g/mol. The van der Waals surface area contributed by atoms with Crippen molar-refractivity contribution >= 4 is 5.91 Å². The van der Waals surface area contributed by atoms with Crippen molar-refractivity contribution in [1.29, 1.82) is 0 Å². The Morgan fingerprint density at radius 3 is 2.86 bits per heavy atom. The molecule has 3 heterocycles. The normalized spacial score (nSPS) is 20.9. The van der Waals surface area contributed by atoms with E-state index in [1.54, 1.807) is 4.68 Å². The highest BCUT2D eigenvalue weighted by Crippen LogP contribution is 2.26. The van der Waals surface area contributed by atoms with Gasteiger partial charge in [0.05, 0.1) is 6.61 Å². The smallest absolute Gasteiger partial charge is 0.317 e. The maximum atomic E-state index is 11.3. The first-order valence-electron chi connectivity index (χ1n) is 7.32. The van der Waals surface area contributed by atoms with Crippen LogP contribution in [0.15, 0.2) is 24.3 Å². The summed E-state index contributed by atoms with van der Waals surface area (Å²) in [5.74, 6) is 0.989. The van der Waals surface area contributed by atoms with Gasteiger partial charge in [-0.1, -0.05) is 24.3 Å². The van der Waals surface area contributed by atoms with E-state index in [1.165, 1.54) is 0 Å². The van der Waals surface area contributed by atoms with Crippen LogP contribution in [0.4, 0.5) is 0 Å². The van der Waals surface area contributed by atoms with Crippen molar-refractivity contribution in [2.24, 2.45) is 0 Å². The zero-order valence-electron chi connectivity index (χ0n) is 12.0. The van der Waals surface area contributed by atoms with Crippen molar-refractivity contribution in [3.63, 3.8) is 0 Å². The third-order valence-electron chi connectivity index (χ3n) is 3.93. The molecule has 2 aromatic rings. The van der Waals surface area contributed by atoms with Gasteiger partial charge in [0.25, 0.3) is 0 Å². The summed E-state index contributed by atoms with van der Waals surface area (Å²) in [6, 6.07) is 8.51. The van der Waals surface area contributed by atoms with Gasteiger partial charge < -0.3 is 14.8 Å². The Bertz CT molecular complexity index is 672. The van der Waals surface area contributed by atoms with Crippen LogP contribution in [0.5, 0.6) is 6.01 Å². The summed E-state index contributed by atoms with van der Waals surface area (Å²) in [4.78, 5) is 15.7. The summed E-state index contributed by atoms with van der Waals surface area (Å²) in [6.45, 7) is 2.10. The van der Waals surface area contributed by atoms with E-state index in [2.05, 4.69) is 15.4 Å². The molecule has 1 aromatic heterocycles. The van der Waals surface area contributed by atoms with Crippen LogP contribution in [0.3, 0.4) is 0 Å². The highest BCUT2D eigenvalue weighted by atomic mass is 16.6. The Morgan fingerprint density at radius 1 is 1.23 bits per heavy atom. The van der Waals surface area contributed by atoms with Gasteiger partial charge >= 0.3 is 6.01 Å². The van der Waals surface area contributed by atoms with Crippen LogP contribution in [0.25, 0.3) is 11.4 Å². The number of nitrogens with zero attached hydrogens (tertiary/aromatic N) is 3. The standard InChI is InChI=1S/C15H16N4O3/c20-13-7-12(8-16-13)10-1-3-11(4-2-10)14-17-15-19(18-14)9-21-5-6-22-15/h1-4,12H,5-9H2,(H,16,20). The number of amides is 1. The van der Waals surface area contributed by atoms with Gasteiger partial charge in [-0.3, -0.25) is 4.79 Å². The molecule has 1 unspecified atom stereocenters. The topological polar surface area (TPSA) is 78.3 Å². The lowest BCUT2D eigenvalue weighted by Crippen LogP contribution is -2.13. The Hall–Kier alpha value is -2.41. The predicted molar refractivity (Wildman–Crippen MR) is 77.3 cm³/mol. The van der Waals surface area contributed by atoms with Gasteiger partial charge in [-0.25, -0.2) is 0 Å². The SMILES string of the molecule is O=C1CC(c2ccc(-c3nc4n(n3)COCCO4)cc2)CN1. The van der Waals surface area contributed by atoms with E-state index in [-0.39, 0.29) is 11.8 Å². The number of hydrogen-bond donors (Lipinski definition) is 1. The first kappa shape index (κ1) is 13.3. The quantitative estimate of drug-likeness (QED) is 0.892. The molecular formula is C15H16N4O3. The zero-order valence-corrected chi connectivity index (χ0v) is 12.0. The third kappa shape index (κ3) is 2.43. The van der Waals surface area contributed by atoms with Gasteiger partial charge in [-0.15, -0.1) is 5.10 Å². The molecular weight excluding hydrogens is 284 g/mol. The first-order chi connectivity index (χ1) is 10.8. The first-order valence-corrected chi connectivity index (χ1v) is 7.32. The van der Waals surface area contributed by atoms with E-state index in [0.717, 1.165) is 11.1 Å². The number of hydrogen-bond acceptors (Lipinski definition) is 5. The minimum absolute atomic E-state index is 0.116. The fourth-order valence-electron chi connectivity index (χ4n) is 2.73. The molecule has 1 N–H and O–H groups in total. The van der Waals surface area contributed by atoms with Crippen LogP contribution in [-0.4, -0.2) is 40.4 Å². The lowest BCUT2D eigenvalue weighted by Gasteiger charge is -2.07. The van der Waals surface area contributed by atoms with E-state index in [4.69, 9.17) is 9.47 Å². The molecule has 0 bridgehead atoms. The van der Waals surface area contributed by atoms with Crippen LogP contribution in [-0.2, 0) is 16.3 Å². The molecule has 1 atom stereocenters. The molecule has 2 aliphatic rings. The van der Waals surface area contributed by atoms with Crippen molar-refractivity contribution in [2.45, 2.75) is 19.1 Å². The number of aromatic nitrogens is 3. The Balaban J connectivity index is 1.57. The Kier molecular flexibility index (Phi) is 3.27. The Morgan fingerprint density at radius 2 is 2.09 bits per heavy atom. The monoisotopic (exact) mass is 300 g/mol. The molecule has 1 amide bonds. The number of benzene rings is 1. The summed E-state index contributed by atoms with van der Waals surface area (Å²) < 4.78 is 12.5. The van der Waals surface area contributed by atoms with Crippen molar-refractivity contribution in [2.75, 3.05) is 19.8 Å². The molecule has 1 saturated heterocycles. The molecule has 7 nitrogen and oxygen atoms in total. The summed E-state index contributed by atoms with van der Waals surface area (Å²) in [5, 5.41) is 7.27. The van der Waals surface area contributed by atoms with Gasteiger partial charge in [-0.2, -0.15) is 9.67 Å². The molecule has 2 aliphatic heterocycles. The molecule has 0 aliphatic carbocycles. The molecule has 0 saturated carbocycles. The number of carbonyl (C=O) groups is 1. The summed E-state index contributed by atoms with van der Waals surface area (Å²) in [7, 11) is 0. The zero-order chi connectivity index (χ0) is 14.9. The number of fused-ring (bicyclic) bond motifs is 1. The van der Waals surface area contributed by atoms with Crippen molar-refractivity contribution in [1.82, 2.24) is 20.1 Å². The second-order valence-electron chi connectivity index (χ2n) is 5.43. The number of rotatable bonds is 2. The van der Waals surface area contributed by atoms with Crippen LogP contribution in [0, 0.1) is 0 Å². The van der Waals surface area contributed by atoms with Crippen LogP contribution in [0.2, 0.25) is 0 Å². The van der Waals surface area contributed by atoms with Gasteiger partial charge in [0.1, 0.15) is 13.3 Å². The second kappa shape index (κ2) is 5.42. The minimum Gasteiger partial charge on any atom is -0.461 e. The van der Waals surface area contributed by atoms with Crippen molar-refractivity contribution in [3.8, 4) is 17.4 Å². The van der Waals surface area contributed by atoms with Crippen LogP contribution < -0.4 is 10.1 Å². The molecule has 1 fully saturated rings. The average Bonchev–Trinajstić information content (AvgIpc) is 3.09. The summed E-state index contributed by atoms with van der Waals surface area (Å²) >= 11 is 0. The van der Waals surface area contributed by atoms with Gasteiger partial charge in [0.15, 0.2) is 5.82 Å². The lowest BCUT2D eigenvalue weighted by atomic mass is 9.97. The van der Waals surface area contributed by atoms with Crippen molar-refractivity contribution in [3.05, 3.63) is 29.8 Å². The van der Waals surface area contributed by atoms with Crippen LogP contribution >= 0.6 is 0 Å². The molecule has 114 valence electrons. The second-order valence-corrected chi connectivity index (χ2v) is 5.43. The molecule has 7 heteroatoms. The van der Waals surface area contributed by atoms with Crippen molar-refractivity contribution < 1.29 is 14.3 Å². The van der Waals surface area contributed by atoms with E-state index in [1.807, 2.05) is 24.3 Å². The molecule has 0 radical (unpaired) electrons. The summed E-state index contributed by atoms with van der Waals surface area (Å²) in [5.41, 5.74) is 2.08. The fraction of sp³-hybridized carbons (Fsp3) is 0.400. The number of nitrogens with one attached hydrogen (secondary N) is 1. The molecule has 22 heavy (non-hydrogen) atoms. The maximum Gasteiger partial charge on any atom is 0.317 e.